The first-order chi connectivity index (χ1) is 8.31. The molecule has 0 saturated heterocycles. The minimum atomic E-state index is 0. The van der Waals surface area contributed by atoms with Crippen LogP contribution in [0.25, 0.3) is 6.08 Å². The third-order valence-corrected chi connectivity index (χ3v) is 2.72. The molecule has 3 N–H and O–H groups in total. The number of anilines is 3. The Morgan fingerprint density at radius 3 is 2.94 bits per heavy atom. The fraction of sp³-hybridized carbons (Fsp3) is 0.0769. The van der Waals surface area contributed by atoms with E-state index in [0.717, 1.165) is 12.1 Å². The summed E-state index contributed by atoms with van der Waals surface area (Å²) in [5.74, 6) is 0.987. The lowest BCUT2D eigenvalue weighted by atomic mass is 10.1. The van der Waals surface area contributed by atoms with Crippen molar-refractivity contribution >= 4 is 35.9 Å². The zero-order chi connectivity index (χ0) is 11.7. The molecule has 1 aromatic heterocycles. The summed E-state index contributed by atoms with van der Waals surface area (Å²) in [7, 11) is 0. The second-order valence-corrected chi connectivity index (χ2v) is 3.95. The van der Waals surface area contributed by atoms with Gasteiger partial charge in [0.25, 0.3) is 0 Å². The van der Waals surface area contributed by atoms with Gasteiger partial charge in [-0.15, -0.1) is 12.4 Å². The molecule has 2 aromatic rings. The minimum absolute atomic E-state index is 0. The van der Waals surface area contributed by atoms with Gasteiger partial charge in [-0.1, -0.05) is 18.2 Å². The van der Waals surface area contributed by atoms with Crippen LogP contribution < -0.4 is 11.1 Å². The third-order valence-electron chi connectivity index (χ3n) is 2.72. The van der Waals surface area contributed by atoms with Gasteiger partial charge >= 0.3 is 0 Å². The van der Waals surface area contributed by atoms with Crippen LogP contribution in [0.5, 0.6) is 0 Å². The molecule has 0 bridgehead atoms. The van der Waals surface area contributed by atoms with Crippen molar-refractivity contribution in [1.29, 1.82) is 0 Å². The molecule has 5 heteroatoms. The lowest BCUT2D eigenvalue weighted by molar-refractivity contribution is 1.18. The first-order valence-corrected chi connectivity index (χ1v) is 5.46. The van der Waals surface area contributed by atoms with Crippen LogP contribution in [0.1, 0.15) is 11.1 Å². The van der Waals surface area contributed by atoms with Crippen molar-refractivity contribution in [3.63, 3.8) is 0 Å². The fourth-order valence-electron chi connectivity index (χ4n) is 1.93. The number of fused-ring (bicyclic) bond motifs is 1. The molecule has 0 fully saturated rings. The number of nitrogens with zero attached hydrogens (tertiary/aromatic N) is 2. The molecule has 4 nitrogen and oxygen atoms in total. The summed E-state index contributed by atoms with van der Waals surface area (Å²) in [5.41, 5.74) is 9.17. The molecule has 3 rings (SSSR count). The van der Waals surface area contributed by atoms with Crippen LogP contribution in [0, 0.1) is 0 Å². The molecule has 1 aromatic carbocycles. The average molecular weight is 261 g/mol. The van der Waals surface area contributed by atoms with Crippen molar-refractivity contribution in [2.75, 3.05) is 11.1 Å². The topological polar surface area (TPSA) is 63.8 Å². The maximum absolute atomic E-state index is 5.53. The van der Waals surface area contributed by atoms with Gasteiger partial charge in [0.1, 0.15) is 5.82 Å². The number of hydrogen-bond donors (Lipinski definition) is 2. The molecule has 0 atom stereocenters. The summed E-state index contributed by atoms with van der Waals surface area (Å²) < 4.78 is 0. The highest BCUT2D eigenvalue weighted by Crippen LogP contribution is 2.24. The van der Waals surface area contributed by atoms with E-state index in [4.69, 9.17) is 5.73 Å². The SMILES string of the molecule is Cl.Nc1nccc(Nc2ccc3c(c2)CC=C3)n1. The molecule has 0 aliphatic heterocycles. The Labute approximate surface area is 111 Å². The largest absolute Gasteiger partial charge is 0.368 e. The number of nitrogen functional groups attached to an aromatic ring is 1. The molecule has 18 heavy (non-hydrogen) atoms. The van der Waals surface area contributed by atoms with E-state index in [9.17, 15) is 0 Å². The second-order valence-electron chi connectivity index (χ2n) is 3.95. The van der Waals surface area contributed by atoms with Crippen molar-refractivity contribution in [3.05, 3.63) is 47.7 Å². The van der Waals surface area contributed by atoms with Gasteiger partial charge in [0.05, 0.1) is 0 Å². The standard InChI is InChI=1S/C13H12N4.ClH/c14-13-15-7-6-12(17-13)16-11-5-4-9-2-1-3-10(9)8-11;/h1-2,4-8H,3H2,(H3,14,15,16,17);1H. The normalized spacial score (nSPS) is 11.8. The number of rotatable bonds is 2. The van der Waals surface area contributed by atoms with E-state index >= 15 is 0 Å². The number of benzene rings is 1. The van der Waals surface area contributed by atoms with Gasteiger partial charge in [-0.3, -0.25) is 0 Å². The lowest BCUT2D eigenvalue weighted by Crippen LogP contribution is -1.99. The van der Waals surface area contributed by atoms with Gasteiger partial charge in [-0.05, 0) is 35.7 Å². The first kappa shape index (κ1) is 12.4. The summed E-state index contributed by atoms with van der Waals surface area (Å²) in [6, 6.07) is 8.06. The van der Waals surface area contributed by atoms with Gasteiger partial charge < -0.3 is 11.1 Å². The number of nitrogens with one attached hydrogen (secondary N) is 1. The van der Waals surface area contributed by atoms with Crippen LogP contribution in [-0.2, 0) is 6.42 Å². The summed E-state index contributed by atoms with van der Waals surface area (Å²) in [4.78, 5) is 7.96. The molecule has 0 saturated carbocycles. The van der Waals surface area contributed by atoms with Crippen molar-refractivity contribution in [3.8, 4) is 0 Å². The predicted molar refractivity (Wildman–Crippen MR) is 76.2 cm³/mol. The van der Waals surface area contributed by atoms with Crippen molar-refractivity contribution in [1.82, 2.24) is 9.97 Å². The predicted octanol–water partition coefficient (Wildman–Crippen LogP) is 2.79. The maximum Gasteiger partial charge on any atom is 0.221 e. The van der Waals surface area contributed by atoms with Crippen LogP contribution in [0.4, 0.5) is 17.5 Å². The lowest BCUT2D eigenvalue weighted by Gasteiger charge is -2.07. The number of allylic oxidation sites excluding steroid dienone is 1. The van der Waals surface area contributed by atoms with Crippen molar-refractivity contribution < 1.29 is 0 Å². The van der Waals surface area contributed by atoms with Gasteiger partial charge in [-0.25, -0.2) is 4.98 Å². The molecule has 1 aliphatic rings. The van der Waals surface area contributed by atoms with E-state index in [1.54, 1.807) is 12.3 Å². The second kappa shape index (κ2) is 5.06. The Morgan fingerprint density at radius 1 is 1.22 bits per heavy atom. The van der Waals surface area contributed by atoms with E-state index in [0.29, 0.717) is 5.82 Å². The summed E-state index contributed by atoms with van der Waals surface area (Å²) in [5, 5.41) is 3.22. The van der Waals surface area contributed by atoms with Crippen LogP contribution >= 0.6 is 12.4 Å². The van der Waals surface area contributed by atoms with Crippen LogP contribution in [-0.4, -0.2) is 9.97 Å². The maximum atomic E-state index is 5.53. The monoisotopic (exact) mass is 260 g/mol. The van der Waals surface area contributed by atoms with Crippen LogP contribution in [0.15, 0.2) is 36.5 Å². The molecule has 0 spiro atoms. The third kappa shape index (κ3) is 2.43. The molecule has 0 unspecified atom stereocenters. The van der Waals surface area contributed by atoms with Crippen molar-refractivity contribution in [2.45, 2.75) is 6.42 Å². The fourth-order valence-corrected chi connectivity index (χ4v) is 1.93. The Hall–Kier alpha value is -2.07. The Balaban J connectivity index is 0.00000120. The van der Waals surface area contributed by atoms with Gasteiger partial charge in [0.15, 0.2) is 0 Å². The van der Waals surface area contributed by atoms with E-state index in [-0.39, 0.29) is 18.4 Å². The molecule has 0 radical (unpaired) electrons. The van der Waals surface area contributed by atoms with Gasteiger partial charge in [0, 0.05) is 11.9 Å². The Bertz CT molecular complexity index is 595. The van der Waals surface area contributed by atoms with Gasteiger partial charge in [0.2, 0.25) is 5.95 Å². The number of aromatic nitrogens is 2. The summed E-state index contributed by atoms with van der Waals surface area (Å²) in [6.45, 7) is 0. The average Bonchev–Trinajstić information content (AvgIpc) is 2.76. The highest BCUT2D eigenvalue weighted by Gasteiger charge is 2.06. The van der Waals surface area contributed by atoms with E-state index in [1.165, 1.54) is 11.1 Å². The number of halogens is 1. The number of nitrogens with two attached hydrogens (primary N) is 1. The smallest absolute Gasteiger partial charge is 0.221 e. The highest BCUT2D eigenvalue weighted by atomic mass is 35.5. The van der Waals surface area contributed by atoms with Crippen LogP contribution in [0.3, 0.4) is 0 Å². The molecule has 1 heterocycles. The summed E-state index contributed by atoms with van der Waals surface area (Å²) >= 11 is 0. The zero-order valence-electron chi connectivity index (χ0n) is 9.63. The zero-order valence-corrected chi connectivity index (χ0v) is 10.4. The molecule has 1 aliphatic carbocycles. The van der Waals surface area contributed by atoms with E-state index < -0.39 is 0 Å². The minimum Gasteiger partial charge on any atom is -0.368 e. The molecule has 92 valence electrons. The molecular formula is C13H13ClN4. The van der Waals surface area contributed by atoms with E-state index in [1.807, 2.05) is 6.07 Å². The number of hydrogen-bond acceptors (Lipinski definition) is 4. The van der Waals surface area contributed by atoms with Crippen LogP contribution in [0.2, 0.25) is 0 Å². The van der Waals surface area contributed by atoms with Gasteiger partial charge in [-0.2, -0.15) is 4.98 Å². The summed E-state index contributed by atoms with van der Waals surface area (Å²) in [6.07, 6.45) is 6.94. The Morgan fingerprint density at radius 2 is 2.11 bits per heavy atom. The highest BCUT2D eigenvalue weighted by molar-refractivity contribution is 5.85. The molecular weight excluding hydrogens is 248 g/mol. The van der Waals surface area contributed by atoms with Crippen molar-refractivity contribution in [2.24, 2.45) is 0 Å². The quantitative estimate of drug-likeness (QED) is 0.872. The molecule has 0 amide bonds. The first-order valence-electron chi connectivity index (χ1n) is 5.46. The van der Waals surface area contributed by atoms with E-state index in [2.05, 4.69) is 39.6 Å². The Kier molecular flexibility index (Phi) is 3.48.